The van der Waals surface area contributed by atoms with E-state index in [9.17, 15) is 23.1 Å². The van der Waals surface area contributed by atoms with E-state index in [1.54, 1.807) is 0 Å². The van der Waals surface area contributed by atoms with E-state index in [0.29, 0.717) is 0 Å². The normalized spacial score (nSPS) is 13.4. The van der Waals surface area contributed by atoms with Gasteiger partial charge in [-0.05, 0) is 12.5 Å². The number of carbonyl (C=O) groups excluding carboxylic acids is 1. The monoisotopic (exact) mass is 153 g/mol. The highest BCUT2D eigenvalue weighted by Gasteiger charge is 2.38. The molecule has 0 bridgehead atoms. The van der Waals surface area contributed by atoms with Crippen LogP contribution in [0.4, 0.5) is 13.2 Å². The summed E-state index contributed by atoms with van der Waals surface area (Å²) < 4.78 is 34.1. The van der Waals surface area contributed by atoms with Crippen LogP contribution in [-0.4, -0.2) is 12.0 Å². The minimum Gasteiger partial charge on any atom is -0.878 e. The van der Waals surface area contributed by atoms with Crippen molar-refractivity contribution in [1.82, 2.24) is 0 Å². The summed E-state index contributed by atoms with van der Waals surface area (Å²) in [6.45, 7) is 0.822. The number of rotatable bonds is 1. The third-order valence-corrected chi connectivity index (χ3v) is 0.792. The smallest absolute Gasteiger partial charge is 0.454 e. The molecule has 0 aromatic heterocycles. The van der Waals surface area contributed by atoms with Gasteiger partial charge in [0, 0.05) is 0 Å². The molecule has 0 rings (SSSR count). The third kappa shape index (κ3) is 2.08. The number of Topliss-reactive ketones (excluding diaryl/α,β-unsaturated/α-hetero) is 1. The third-order valence-electron chi connectivity index (χ3n) is 0.792. The van der Waals surface area contributed by atoms with Gasteiger partial charge in [-0.3, -0.25) is 4.79 Å². The van der Waals surface area contributed by atoms with Gasteiger partial charge in [-0.1, -0.05) is 0 Å². The number of alkyl halides is 3. The fourth-order valence-electron chi connectivity index (χ4n) is 0.277. The minimum atomic E-state index is -4.93. The molecular formula is C5H4F3O2-. The van der Waals surface area contributed by atoms with Crippen molar-refractivity contribution in [3.8, 4) is 0 Å². The van der Waals surface area contributed by atoms with Gasteiger partial charge in [-0.25, -0.2) is 0 Å². The maximum atomic E-state index is 11.4. The molecule has 0 aromatic rings. The molecule has 0 aromatic carbocycles. The summed E-state index contributed by atoms with van der Waals surface area (Å²) in [5.41, 5.74) is -0.826. The van der Waals surface area contributed by atoms with Crippen LogP contribution in [0.2, 0.25) is 0 Å². The molecule has 5 heteroatoms. The van der Waals surface area contributed by atoms with Gasteiger partial charge in [0.25, 0.3) is 5.78 Å². The second-order valence-electron chi connectivity index (χ2n) is 1.63. The summed E-state index contributed by atoms with van der Waals surface area (Å²) >= 11 is 0. The molecule has 0 saturated carbocycles. The van der Waals surface area contributed by atoms with Crippen LogP contribution < -0.4 is 5.11 Å². The topological polar surface area (TPSA) is 40.1 Å². The highest BCUT2D eigenvalue weighted by atomic mass is 19.4. The van der Waals surface area contributed by atoms with Crippen LogP contribution in [0.25, 0.3) is 0 Å². The second kappa shape index (κ2) is 2.72. The largest absolute Gasteiger partial charge is 0.878 e. The molecule has 0 aliphatic rings. The SMILES string of the molecule is C/C(=C\[O-])C(=O)C(F)(F)F. The summed E-state index contributed by atoms with van der Waals surface area (Å²) in [6.07, 6.45) is -5.04. The Hall–Kier alpha value is -1.00. The first-order valence-corrected chi connectivity index (χ1v) is 2.30. The lowest BCUT2D eigenvalue weighted by atomic mass is 10.2. The van der Waals surface area contributed by atoms with Crippen molar-refractivity contribution < 1.29 is 23.1 Å². The number of ketones is 1. The van der Waals surface area contributed by atoms with Crippen molar-refractivity contribution in [2.45, 2.75) is 13.1 Å². The zero-order valence-electron chi connectivity index (χ0n) is 5.03. The van der Waals surface area contributed by atoms with Crippen molar-refractivity contribution in [3.05, 3.63) is 11.8 Å². The van der Waals surface area contributed by atoms with E-state index in [4.69, 9.17) is 0 Å². The van der Waals surface area contributed by atoms with Gasteiger partial charge < -0.3 is 5.11 Å². The second-order valence-corrected chi connectivity index (χ2v) is 1.63. The van der Waals surface area contributed by atoms with E-state index in [1.165, 1.54) is 0 Å². The first-order chi connectivity index (χ1) is 4.39. The molecule has 0 amide bonds. The molecular weight excluding hydrogens is 149 g/mol. The lowest BCUT2D eigenvalue weighted by Gasteiger charge is -2.05. The van der Waals surface area contributed by atoms with Crippen LogP contribution in [0.5, 0.6) is 0 Å². The van der Waals surface area contributed by atoms with Crippen LogP contribution in [0, 0.1) is 0 Å². The quantitative estimate of drug-likeness (QED) is 0.403. The van der Waals surface area contributed by atoms with Crippen molar-refractivity contribution in [2.24, 2.45) is 0 Å². The molecule has 0 radical (unpaired) electrons. The minimum absolute atomic E-state index is 0.115. The Labute approximate surface area is 55.0 Å². The first-order valence-electron chi connectivity index (χ1n) is 2.30. The number of hydrogen-bond donors (Lipinski definition) is 0. The molecule has 0 aliphatic carbocycles. The molecule has 0 heterocycles. The van der Waals surface area contributed by atoms with E-state index in [0.717, 1.165) is 6.92 Å². The first kappa shape index (κ1) is 9.00. The Morgan fingerprint density at radius 3 is 2.00 bits per heavy atom. The molecule has 2 nitrogen and oxygen atoms in total. The molecule has 0 aliphatic heterocycles. The molecule has 0 spiro atoms. The maximum Gasteiger partial charge on any atom is 0.454 e. The van der Waals surface area contributed by atoms with Gasteiger partial charge in [0.15, 0.2) is 0 Å². The number of allylic oxidation sites excluding steroid dienone is 1. The van der Waals surface area contributed by atoms with Crippen LogP contribution in [0.1, 0.15) is 6.92 Å². The summed E-state index contributed by atoms with van der Waals surface area (Å²) in [5, 5.41) is 9.64. The zero-order valence-corrected chi connectivity index (χ0v) is 5.03. The predicted molar refractivity (Wildman–Crippen MR) is 24.8 cm³/mol. The molecule has 0 N–H and O–H groups in total. The van der Waals surface area contributed by atoms with Crippen LogP contribution in [0.15, 0.2) is 11.8 Å². The van der Waals surface area contributed by atoms with Gasteiger partial charge in [0.1, 0.15) is 0 Å². The summed E-state index contributed by atoms with van der Waals surface area (Å²) in [5.74, 6) is -2.08. The average molecular weight is 153 g/mol. The number of carbonyl (C=O) groups is 1. The molecule has 10 heavy (non-hydrogen) atoms. The zero-order chi connectivity index (χ0) is 8.36. The summed E-state index contributed by atoms with van der Waals surface area (Å²) in [6, 6.07) is 0. The van der Waals surface area contributed by atoms with Gasteiger partial charge in [-0.2, -0.15) is 13.2 Å². The lowest BCUT2D eigenvalue weighted by molar-refractivity contribution is -0.276. The van der Waals surface area contributed by atoms with Crippen LogP contribution in [0.3, 0.4) is 0 Å². The summed E-state index contributed by atoms with van der Waals surface area (Å²) in [7, 11) is 0. The highest BCUT2D eigenvalue weighted by molar-refractivity contribution is 5.98. The Morgan fingerprint density at radius 2 is 1.90 bits per heavy atom. The van der Waals surface area contributed by atoms with Crippen molar-refractivity contribution in [3.63, 3.8) is 0 Å². The van der Waals surface area contributed by atoms with Crippen LogP contribution >= 0.6 is 0 Å². The Bertz CT molecular complexity index is 168. The Kier molecular flexibility index (Phi) is 2.45. The van der Waals surface area contributed by atoms with E-state index >= 15 is 0 Å². The predicted octanol–water partition coefficient (Wildman–Crippen LogP) is 0.382. The number of hydrogen-bond acceptors (Lipinski definition) is 2. The fraction of sp³-hybridized carbons (Fsp3) is 0.400. The van der Waals surface area contributed by atoms with Crippen molar-refractivity contribution in [1.29, 1.82) is 0 Å². The number of halogens is 3. The molecule has 0 unspecified atom stereocenters. The fourth-order valence-corrected chi connectivity index (χ4v) is 0.277. The highest BCUT2D eigenvalue weighted by Crippen LogP contribution is 2.19. The molecule has 0 atom stereocenters. The van der Waals surface area contributed by atoms with E-state index < -0.39 is 17.5 Å². The van der Waals surface area contributed by atoms with Gasteiger partial charge in [-0.15, -0.1) is 6.26 Å². The van der Waals surface area contributed by atoms with Crippen LogP contribution in [-0.2, 0) is 4.79 Å². The van der Waals surface area contributed by atoms with E-state index in [2.05, 4.69) is 0 Å². The van der Waals surface area contributed by atoms with Gasteiger partial charge in [0.2, 0.25) is 0 Å². The van der Waals surface area contributed by atoms with Crippen molar-refractivity contribution >= 4 is 5.78 Å². The lowest BCUT2D eigenvalue weighted by Crippen LogP contribution is -2.24. The van der Waals surface area contributed by atoms with Crippen molar-refractivity contribution in [2.75, 3.05) is 0 Å². The van der Waals surface area contributed by atoms with E-state index in [1.807, 2.05) is 0 Å². The molecule has 0 saturated heterocycles. The van der Waals surface area contributed by atoms with E-state index in [-0.39, 0.29) is 6.26 Å². The molecule has 58 valence electrons. The molecule has 0 fully saturated rings. The maximum absolute atomic E-state index is 11.4. The Balaban J connectivity index is 4.39. The van der Waals surface area contributed by atoms with Gasteiger partial charge >= 0.3 is 6.18 Å². The summed E-state index contributed by atoms with van der Waals surface area (Å²) in [4.78, 5) is 10.0. The Morgan fingerprint density at radius 1 is 1.50 bits per heavy atom. The van der Waals surface area contributed by atoms with Gasteiger partial charge in [0.05, 0.1) is 0 Å². The standard InChI is InChI=1S/C5H5F3O2/c1-3(2-9)4(10)5(6,7)8/h2,9H,1H3/p-1/b3-2+. The average Bonchev–Trinajstić information content (AvgIpc) is 1.83.